The fraction of sp³-hybridized carbons (Fsp3) is 0.625. The molecule has 14 heavy (non-hydrogen) atoms. The van der Waals surface area contributed by atoms with Crippen LogP contribution in [0.25, 0.3) is 0 Å². The van der Waals surface area contributed by atoms with Crippen molar-refractivity contribution in [3.63, 3.8) is 0 Å². The molecule has 0 saturated heterocycles. The van der Waals surface area contributed by atoms with E-state index < -0.39 is 9.84 Å². The number of rotatable bonds is 5. The maximum atomic E-state index is 11.1. The van der Waals surface area contributed by atoms with Gasteiger partial charge in [-0.1, -0.05) is 6.92 Å². The molecule has 0 saturated carbocycles. The Morgan fingerprint density at radius 3 is 2.79 bits per heavy atom. The van der Waals surface area contributed by atoms with Gasteiger partial charge in [-0.3, -0.25) is 0 Å². The lowest BCUT2D eigenvalue weighted by Crippen LogP contribution is -2.12. The number of nitrogens with zero attached hydrogens (tertiary/aromatic N) is 1. The molecule has 0 radical (unpaired) electrons. The maximum absolute atomic E-state index is 11.1. The fourth-order valence-electron chi connectivity index (χ4n) is 0.940. The van der Waals surface area contributed by atoms with Gasteiger partial charge in [0.2, 0.25) is 0 Å². The lowest BCUT2D eigenvalue weighted by atomic mass is 10.4. The molecule has 4 nitrogen and oxygen atoms in total. The summed E-state index contributed by atoms with van der Waals surface area (Å²) in [4.78, 5) is 0.957. The largest absolute Gasteiger partial charge is 0.312 e. The molecular formula is C8H14N2O2S2. The molecule has 1 rings (SSSR count). The van der Waals surface area contributed by atoms with Gasteiger partial charge in [0.05, 0.1) is 0 Å². The van der Waals surface area contributed by atoms with Crippen LogP contribution in [0.1, 0.15) is 18.2 Å². The van der Waals surface area contributed by atoms with Crippen molar-refractivity contribution in [1.82, 2.24) is 9.69 Å². The third-order valence-corrected chi connectivity index (χ3v) is 3.51. The smallest absolute Gasteiger partial charge is 0.193 e. The van der Waals surface area contributed by atoms with E-state index in [0.717, 1.165) is 17.8 Å². The van der Waals surface area contributed by atoms with E-state index in [4.69, 9.17) is 0 Å². The van der Waals surface area contributed by atoms with Crippen LogP contribution >= 0.6 is 11.5 Å². The summed E-state index contributed by atoms with van der Waals surface area (Å²) in [6, 6.07) is 1.63. The van der Waals surface area contributed by atoms with E-state index >= 15 is 0 Å². The van der Waals surface area contributed by atoms with Crippen LogP contribution in [0.4, 0.5) is 0 Å². The topological polar surface area (TPSA) is 59.1 Å². The van der Waals surface area contributed by atoms with E-state index in [1.54, 1.807) is 6.07 Å². The van der Waals surface area contributed by atoms with Crippen molar-refractivity contribution < 1.29 is 8.42 Å². The predicted octanol–water partition coefficient (Wildman–Crippen LogP) is 1.05. The Morgan fingerprint density at radius 2 is 2.29 bits per heavy atom. The van der Waals surface area contributed by atoms with Crippen molar-refractivity contribution in [1.29, 1.82) is 0 Å². The van der Waals surface area contributed by atoms with Crippen LogP contribution in [0.5, 0.6) is 0 Å². The molecule has 0 aliphatic rings. The first kappa shape index (κ1) is 11.6. The minimum Gasteiger partial charge on any atom is -0.312 e. The van der Waals surface area contributed by atoms with Crippen molar-refractivity contribution in [3.05, 3.63) is 10.9 Å². The number of sulfone groups is 1. The molecule has 0 amide bonds. The lowest BCUT2D eigenvalue weighted by Gasteiger charge is -1.97. The van der Waals surface area contributed by atoms with E-state index in [1.165, 1.54) is 17.8 Å². The molecule has 0 aliphatic heterocycles. The zero-order chi connectivity index (χ0) is 10.6. The molecular weight excluding hydrogens is 220 g/mol. The van der Waals surface area contributed by atoms with Gasteiger partial charge in [0.15, 0.2) is 14.9 Å². The molecule has 80 valence electrons. The van der Waals surface area contributed by atoms with E-state index in [-0.39, 0.29) is 5.03 Å². The summed E-state index contributed by atoms with van der Waals surface area (Å²) in [5.41, 5.74) is 0. The molecule has 0 fully saturated rings. The Labute approximate surface area is 88.4 Å². The van der Waals surface area contributed by atoms with Crippen molar-refractivity contribution in [2.45, 2.75) is 24.9 Å². The summed E-state index contributed by atoms with van der Waals surface area (Å²) in [6.45, 7) is 3.72. The standard InChI is InChI=1S/C8H14N2O2S2/c1-3-4-9-6-7-5-8(10-13-7)14(2,11)12/h5,9H,3-4,6H2,1-2H3. The Bertz CT molecular complexity index is 384. The van der Waals surface area contributed by atoms with Gasteiger partial charge < -0.3 is 5.32 Å². The SMILES string of the molecule is CCCNCc1cc(S(C)(=O)=O)ns1. The van der Waals surface area contributed by atoms with Crippen LogP contribution < -0.4 is 5.32 Å². The minimum absolute atomic E-state index is 0.177. The Hall–Kier alpha value is -0.460. The monoisotopic (exact) mass is 234 g/mol. The van der Waals surface area contributed by atoms with Crippen LogP contribution in [0, 0.1) is 0 Å². The van der Waals surface area contributed by atoms with Crippen LogP contribution in [0.15, 0.2) is 11.1 Å². The van der Waals surface area contributed by atoms with Gasteiger partial charge in [-0.2, -0.15) is 4.37 Å². The average Bonchev–Trinajstić information content (AvgIpc) is 2.52. The summed E-state index contributed by atoms with van der Waals surface area (Å²) < 4.78 is 26.1. The second kappa shape index (κ2) is 4.86. The van der Waals surface area contributed by atoms with Gasteiger partial charge in [-0.25, -0.2) is 8.42 Å². The number of hydrogen-bond donors (Lipinski definition) is 1. The fourth-order valence-corrected chi connectivity index (χ4v) is 2.62. The van der Waals surface area contributed by atoms with Crippen molar-refractivity contribution in [3.8, 4) is 0 Å². The quantitative estimate of drug-likeness (QED) is 0.774. The molecule has 0 unspecified atom stereocenters. The zero-order valence-corrected chi connectivity index (χ0v) is 9.91. The number of hydrogen-bond acceptors (Lipinski definition) is 5. The van der Waals surface area contributed by atoms with Gasteiger partial charge in [0.1, 0.15) is 0 Å². The first-order chi connectivity index (χ1) is 6.54. The Morgan fingerprint density at radius 1 is 1.57 bits per heavy atom. The molecule has 0 aliphatic carbocycles. The molecule has 1 heterocycles. The third kappa shape index (κ3) is 3.36. The van der Waals surface area contributed by atoms with Crippen LogP contribution in [0.3, 0.4) is 0 Å². The highest BCUT2D eigenvalue weighted by Crippen LogP contribution is 2.14. The average molecular weight is 234 g/mol. The highest BCUT2D eigenvalue weighted by atomic mass is 32.2. The molecule has 0 spiro atoms. The normalized spacial score (nSPS) is 11.9. The second-order valence-electron chi connectivity index (χ2n) is 3.08. The number of aromatic nitrogens is 1. The molecule has 1 aromatic rings. The molecule has 0 atom stereocenters. The highest BCUT2D eigenvalue weighted by molar-refractivity contribution is 7.90. The van der Waals surface area contributed by atoms with Crippen LogP contribution in [0.2, 0.25) is 0 Å². The summed E-state index contributed by atoms with van der Waals surface area (Å²) in [5.74, 6) is 0. The zero-order valence-electron chi connectivity index (χ0n) is 8.28. The second-order valence-corrected chi connectivity index (χ2v) is 5.93. The maximum Gasteiger partial charge on any atom is 0.193 e. The summed E-state index contributed by atoms with van der Waals surface area (Å²) in [5, 5.41) is 3.37. The number of nitrogens with one attached hydrogen (secondary N) is 1. The van der Waals surface area contributed by atoms with Crippen molar-refractivity contribution in [2.75, 3.05) is 12.8 Å². The first-order valence-electron chi connectivity index (χ1n) is 4.40. The van der Waals surface area contributed by atoms with E-state index in [1.807, 2.05) is 0 Å². The Kier molecular flexibility index (Phi) is 4.03. The van der Waals surface area contributed by atoms with Crippen molar-refractivity contribution >= 4 is 21.4 Å². The molecule has 6 heteroatoms. The highest BCUT2D eigenvalue weighted by Gasteiger charge is 2.11. The van der Waals surface area contributed by atoms with E-state index in [0.29, 0.717) is 6.54 Å². The van der Waals surface area contributed by atoms with Gasteiger partial charge in [0.25, 0.3) is 0 Å². The first-order valence-corrected chi connectivity index (χ1v) is 7.07. The molecule has 0 bridgehead atoms. The molecule has 0 aromatic carbocycles. The summed E-state index contributed by atoms with van der Waals surface area (Å²) in [7, 11) is -3.14. The van der Waals surface area contributed by atoms with E-state index in [2.05, 4.69) is 16.6 Å². The summed E-state index contributed by atoms with van der Waals surface area (Å²) >= 11 is 1.24. The van der Waals surface area contributed by atoms with Gasteiger partial charge in [0, 0.05) is 17.7 Å². The lowest BCUT2D eigenvalue weighted by molar-refractivity contribution is 0.599. The summed E-state index contributed by atoms with van der Waals surface area (Å²) in [6.07, 6.45) is 2.24. The molecule has 1 N–H and O–H groups in total. The Balaban J connectivity index is 2.60. The minimum atomic E-state index is -3.14. The van der Waals surface area contributed by atoms with Crippen molar-refractivity contribution in [2.24, 2.45) is 0 Å². The van der Waals surface area contributed by atoms with Gasteiger partial charge >= 0.3 is 0 Å². The van der Waals surface area contributed by atoms with Gasteiger partial charge in [-0.15, -0.1) is 0 Å². The molecule has 1 aromatic heterocycles. The van der Waals surface area contributed by atoms with Gasteiger partial charge in [-0.05, 0) is 30.6 Å². The predicted molar refractivity (Wildman–Crippen MR) is 57.2 cm³/mol. The van der Waals surface area contributed by atoms with Crippen LogP contribution in [-0.2, 0) is 16.4 Å². The van der Waals surface area contributed by atoms with E-state index in [9.17, 15) is 8.42 Å². The van der Waals surface area contributed by atoms with Crippen LogP contribution in [-0.4, -0.2) is 25.6 Å². The third-order valence-electron chi connectivity index (χ3n) is 1.64.